The molecule has 3 aromatic rings. The summed E-state index contributed by atoms with van der Waals surface area (Å²) < 4.78 is 26.1. The summed E-state index contributed by atoms with van der Waals surface area (Å²) in [5.41, 5.74) is 0.388. The molecule has 0 saturated carbocycles. The van der Waals surface area contributed by atoms with E-state index >= 15 is 0 Å². The highest BCUT2D eigenvalue weighted by Gasteiger charge is 2.30. The van der Waals surface area contributed by atoms with E-state index in [1.807, 2.05) is 5.38 Å². The van der Waals surface area contributed by atoms with Crippen LogP contribution in [0.3, 0.4) is 0 Å². The van der Waals surface area contributed by atoms with Gasteiger partial charge in [-0.3, -0.25) is 4.79 Å². The fraction of sp³-hybridized carbons (Fsp3) is 0.105. The zero-order chi connectivity index (χ0) is 18.6. The number of nitrogens with one attached hydrogen (secondary N) is 1. The van der Waals surface area contributed by atoms with Crippen LogP contribution in [0.15, 0.2) is 77.0 Å². The quantitative estimate of drug-likeness (QED) is 0.663. The SMILES string of the molecule is O=C(NC[C@H](c1cccs1)S(=O)(=O)c1ccccc1)c1cccc(Cl)c1. The van der Waals surface area contributed by atoms with Crippen molar-refractivity contribution in [2.24, 2.45) is 0 Å². The van der Waals surface area contributed by atoms with E-state index in [-0.39, 0.29) is 17.3 Å². The normalized spacial score (nSPS) is 12.5. The van der Waals surface area contributed by atoms with Crippen LogP contribution in [0.4, 0.5) is 0 Å². The van der Waals surface area contributed by atoms with Gasteiger partial charge in [-0.1, -0.05) is 41.9 Å². The van der Waals surface area contributed by atoms with Gasteiger partial charge in [-0.15, -0.1) is 11.3 Å². The maximum atomic E-state index is 13.1. The van der Waals surface area contributed by atoms with Crippen LogP contribution in [-0.4, -0.2) is 20.9 Å². The number of amides is 1. The van der Waals surface area contributed by atoms with Gasteiger partial charge in [-0.05, 0) is 41.8 Å². The van der Waals surface area contributed by atoms with Gasteiger partial charge in [0.15, 0.2) is 9.84 Å². The summed E-state index contributed by atoms with van der Waals surface area (Å²) in [6.07, 6.45) is 0. The van der Waals surface area contributed by atoms with Crippen molar-refractivity contribution in [3.63, 3.8) is 0 Å². The first kappa shape index (κ1) is 18.6. The highest BCUT2D eigenvalue weighted by atomic mass is 35.5. The summed E-state index contributed by atoms with van der Waals surface area (Å²) in [5.74, 6) is -0.364. The van der Waals surface area contributed by atoms with Crippen molar-refractivity contribution in [2.45, 2.75) is 10.1 Å². The van der Waals surface area contributed by atoms with Gasteiger partial charge in [0, 0.05) is 22.0 Å². The molecule has 2 aromatic carbocycles. The van der Waals surface area contributed by atoms with Gasteiger partial charge in [0.05, 0.1) is 4.90 Å². The summed E-state index contributed by atoms with van der Waals surface area (Å²) in [4.78, 5) is 13.3. The Morgan fingerprint density at radius 3 is 2.46 bits per heavy atom. The molecular formula is C19H16ClNO3S2. The minimum atomic E-state index is -3.64. The lowest BCUT2D eigenvalue weighted by Crippen LogP contribution is -2.31. The van der Waals surface area contributed by atoms with Crippen LogP contribution in [0.2, 0.25) is 5.02 Å². The molecule has 0 unspecified atom stereocenters. The number of rotatable bonds is 6. The van der Waals surface area contributed by atoms with Crippen molar-refractivity contribution in [2.75, 3.05) is 6.54 Å². The molecule has 1 atom stereocenters. The Hall–Kier alpha value is -2.15. The van der Waals surface area contributed by atoms with Gasteiger partial charge in [0.25, 0.3) is 5.91 Å². The Morgan fingerprint density at radius 2 is 1.81 bits per heavy atom. The van der Waals surface area contributed by atoms with Crippen LogP contribution >= 0.6 is 22.9 Å². The van der Waals surface area contributed by atoms with Gasteiger partial charge >= 0.3 is 0 Å². The van der Waals surface area contributed by atoms with E-state index in [4.69, 9.17) is 11.6 Å². The van der Waals surface area contributed by atoms with Gasteiger partial charge in [0.2, 0.25) is 0 Å². The number of sulfone groups is 1. The molecule has 0 aliphatic heterocycles. The van der Waals surface area contributed by atoms with E-state index < -0.39 is 15.1 Å². The lowest BCUT2D eigenvalue weighted by molar-refractivity contribution is 0.0953. The highest BCUT2D eigenvalue weighted by molar-refractivity contribution is 7.91. The van der Waals surface area contributed by atoms with E-state index in [2.05, 4.69) is 5.32 Å². The van der Waals surface area contributed by atoms with E-state index in [0.717, 1.165) is 0 Å². The number of benzene rings is 2. The minimum absolute atomic E-state index is 0.0247. The van der Waals surface area contributed by atoms with Crippen LogP contribution in [-0.2, 0) is 9.84 Å². The standard InChI is InChI=1S/C19H16ClNO3S2/c20-15-7-4-6-14(12-15)19(22)21-13-18(17-10-5-11-25-17)26(23,24)16-8-2-1-3-9-16/h1-12,18H,13H2,(H,21,22)/t18-/m1/s1. The maximum Gasteiger partial charge on any atom is 0.251 e. The molecule has 0 aliphatic rings. The van der Waals surface area contributed by atoms with E-state index in [1.165, 1.54) is 11.3 Å². The second-order valence-corrected chi connectivity index (χ2v) is 9.13. The second kappa shape index (κ2) is 8.03. The van der Waals surface area contributed by atoms with Crippen LogP contribution in [0.25, 0.3) is 0 Å². The average molecular weight is 406 g/mol. The smallest absolute Gasteiger partial charge is 0.251 e. The number of hydrogen-bond acceptors (Lipinski definition) is 4. The summed E-state index contributed by atoms with van der Waals surface area (Å²) in [6, 6.07) is 18.3. The lowest BCUT2D eigenvalue weighted by Gasteiger charge is -2.17. The highest BCUT2D eigenvalue weighted by Crippen LogP contribution is 2.31. The molecule has 0 fully saturated rings. The van der Waals surface area contributed by atoms with Crippen molar-refractivity contribution in [1.29, 1.82) is 0 Å². The average Bonchev–Trinajstić information content (AvgIpc) is 3.16. The fourth-order valence-corrected chi connectivity index (χ4v) is 5.52. The monoisotopic (exact) mass is 405 g/mol. The molecule has 0 saturated heterocycles. The summed E-state index contributed by atoms with van der Waals surface area (Å²) >= 11 is 7.26. The van der Waals surface area contributed by atoms with Crippen molar-refractivity contribution in [1.82, 2.24) is 5.32 Å². The molecule has 7 heteroatoms. The zero-order valence-corrected chi connectivity index (χ0v) is 16.0. The van der Waals surface area contributed by atoms with Crippen LogP contribution in [0.1, 0.15) is 20.5 Å². The Bertz CT molecular complexity index is 987. The second-order valence-electron chi connectivity index (χ2n) is 5.58. The van der Waals surface area contributed by atoms with Crippen molar-refractivity contribution < 1.29 is 13.2 Å². The molecule has 134 valence electrons. The van der Waals surface area contributed by atoms with Crippen molar-refractivity contribution in [3.05, 3.63) is 87.6 Å². The molecule has 3 rings (SSSR count). The molecular weight excluding hydrogens is 390 g/mol. The third-order valence-corrected chi connectivity index (χ3v) is 7.31. The number of halogens is 1. The third kappa shape index (κ3) is 4.15. The molecule has 1 aromatic heterocycles. The first-order valence-corrected chi connectivity index (χ1v) is 10.6. The molecule has 1 heterocycles. The van der Waals surface area contributed by atoms with Gasteiger partial charge in [-0.2, -0.15) is 0 Å². The molecule has 1 amide bonds. The molecule has 0 aliphatic carbocycles. The van der Waals surface area contributed by atoms with Crippen molar-refractivity contribution in [3.8, 4) is 0 Å². The first-order chi connectivity index (χ1) is 12.5. The molecule has 0 spiro atoms. The Labute approximate surface area is 161 Å². The third-order valence-electron chi connectivity index (χ3n) is 3.84. The fourth-order valence-electron chi connectivity index (χ4n) is 2.53. The van der Waals surface area contributed by atoms with Crippen LogP contribution in [0, 0.1) is 0 Å². The molecule has 4 nitrogen and oxygen atoms in total. The predicted molar refractivity (Wildman–Crippen MR) is 104 cm³/mol. The van der Waals surface area contributed by atoms with Crippen LogP contribution < -0.4 is 5.32 Å². The minimum Gasteiger partial charge on any atom is -0.350 e. The topological polar surface area (TPSA) is 63.2 Å². The molecule has 26 heavy (non-hydrogen) atoms. The van der Waals surface area contributed by atoms with E-state index in [1.54, 1.807) is 66.7 Å². The first-order valence-electron chi connectivity index (χ1n) is 7.84. The Morgan fingerprint density at radius 1 is 1.04 bits per heavy atom. The zero-order valence-electron chi connectivity index (χ0n) is 13.6. The lowest BCUT2D eigenvalue weighted by atomic mass is 10.2. The maximum absolute atomic E-state index is 13.1. The molecule has 1 N–H and O–H groups in total. The summed E-state index contributed by atoms with van der Waals surface area (Å²) in [7, 11) is -3.64. The van der Waals surface area contributed by atoms with Crippen molar-refractivity contribution >= 4 is 38.7 Å². The number of hydrogen-bond donors (Lipinski definition) is 1. The summed E-state index contributed by atoms with van der Waals surface area (Å²) in [5, 5.41) is 4.14. The Kier molecular flexibility index (Phi) is 5.76. The van der Waals surface area contributed by atoms with E-state index in [0.29, 0.717) is 15.5 Å². The Balaban J connectivity index is 1.85. The molecule has 0 radical (unpaired) electrons. The van der Waals surface area contributed by atoms with Gasteiger partial charge in [-0.25, -0.2) is 8.42 Å². The summed E-state index contributed by atoms with van der Waals surface area (Å²) in [6.45, 7) is -0.0247. The molecule has 0 bridgehead atoms. The number of carbonyl (C=O) groups is 1. The van der Waals surface area contributed by atoms with E-state index in [9.17, 15) is 13.2 Å². The largest absolute Gasteiger partial charge is 0.350 e. The van der Waals surface area contributed by atoms with Gasteiger partial charge < -0.3 is 5.32 Å². The van der Waals surface area contributed by atoms with Gasteiger partial charge in [0.1, 0.15) is 5.25 Å². The van der Waals surface area contributed by atoms with Crippen LogP contribution in [0.5, 0.6) is 0 Å². The predicted octanol–water partition coefficient (Wildman–Crippen LogP) is 4.35. The number of carbonyl (C=O) groups excluding carboxylic acids is 1. The number of thiophene rings is 1.